The number of aliphatic hydroxyl groups is 2. The van der Waals surface area contributed by atoms with Crippen molar-refractivity contribution in [3.63, 3.8) is 0 Å². The summed E-state index contributed by atoms with van der Waals surface area (Å²) in [7, 11) is 0. The Labute approximate surface area is 119 Å². The lowest BCUT2D eigenvalue weighted by Gasteiger charge is -2.34. The molecule has 1 aromatic carbocycles. The highest BCUT2D eigenvalue weighted by atomic mass is 16.3. The number of aliphatic hydroxyl groups excluding tert-OH is 2. The fraction of sp³-hybridized carbons (Fsp3) is 0.438. The van der Waals surface area contributed by atoms with Gasteiger partial charge < -0.3 is 15.1 Å². The summed E-state index contributed by atoms with van der Waals surface area (Å²) in [5, 5.41) is 18.7. The highest BCUT2D eigenvalue weighted by Gasteiger charge is 2.28. The van der Waals surface area contributed by atoms with Crippen molar-refractivity contribution in [3.8, 4) is 11.8 Å². The molecule has 1 aromatic rings. The molecule has 0 spiro atoms. The molecule has 2 N–H and O–H groups in total. The third-order valence-electron chi connectivity index (χ3n) is 3.67. The fourth-order valence-electron chi connectivity index (χ4n) is 2.32. The summed E-state index contributed by atoms with van der Waals surface area (Å²) in [5.74, 6) is 5.47. The highest BCUT2D eigenvalue weighted by Crippen LogP contribution is 2.20. The number of rotatable bonds is 1. The van der Waals surface area contributed by atoms with Gasteiger partial charge in [-0.1, -0.05) is 30.9 Å². The molecular formula is C16H19NO3. The second kappa shape index (κ2) is 6.56. The first-order valence-electron chi connectivity index (χ1n) is 6.79. The number of amides is 1. The predicted octanol–water partition coefficient (Wildman–Crippen LogP) is 0.873. The van der Waals surface area contributed by atoms with Gasteiger partial charge in [-0.15, -0.1) is 0 Å². The summed E-state index contributed by atoms with van der Waals surface area (Å²) >= 11 is 0. The van der Waals surface area contributed by atoms with Crippen molar-refractivity contribution >= 4 is 5.91 Å². The van der Waals surface area contributed by atoms with Gasteiger partial charge in [0, 0.05) is 18.7 Å². The van der Waals surface area contributed by atoms with Crippen LogP contribution in [-0.4, -0.2) is 46.8 Å². The Morgan fingerprint density at radius 2 is 2.20 bits per heavy atom. The lowest BCUT2D eigenvalue weighted by molar-refractivity contribution is 0.0248. The van der Waals surface area contributed by atoms with E-state index in [1.54, 1.807) is 23.1 Å². The number of nitrogens with zero attached hydrogens (tertiary/aromatic N) is 1. The van der Waals surface area contributed by atoms with Crippen LogP contribution in [0.2, 0.25) is 0 Å². The smallest absolute Gasteiger partial charge is 0.255 e. The molecule has 1 aliphatic heterocycles. The average Bonchev–Trinajstić information content (AvgIpc) is 2.47. The number of hydrogen-bond acceptors (Lipinski definition) is 3. The standard InChI is InChI=1S/C16H19NO3/c1-12-8-9-17(11-15(12)19)16(20)14-7-3-2-5-13(14)6-4-10-18/h2-3,5,7,12,15,18-19H,8-11H2,1H3. The molecule has 1 heterocycles. The summed E-state index contributed by atoms with van der Waals surface area (Å²) < 4.78 is 0. The minimum absolute atomic E-state index is 0.112. The average molecular weight is 273 g/mol. The first kappa shape index (κ1) is 14.6. The Balaban J connectivity index is 2.21. The van der Waals surface area contributed by atoms with E-state index in [1.165, 1.54) is 0 Å². The largest absolute Gasteiger partial charge is 0.391 e. The van der Waals surface area contributed by atoms with E-state index in [-0.39, 0.29) is 18.4 Å². The SMILES string of the molecule is CC1CCN(C(=O)c2ccccc2C#CCO)CC1O. The van der Waals surface area contributed by atoms with Gasteiger partial charge in [0.05, 0.1) is 11.7 Å². The molecule has 20 heavy (non-hydrogen) atoms. The van der Waals surface area contributed by atoms with Crippen molar-refractivity contribution in [2.75, 3.05) is 19.7 Å². The molecule has 4 nitrogen and oxygen atoms in total. The fourth-order valence-corrected chi connectivity index (χ4v) is 2.32. The van der Waals surface area contributed by atoms with E-state index >= 15 is 0 Å². The number of carbonyl (C=O) groups excluding carboxylic acids is 1. The molecule has 1 aliphatic rings. The van der Waals surface area contributed by atoms with Gasteiger partial charge in [-0.25, -0.2) is 0 Å². The number of piperidine rings is 1. The highest BCUT2D eigenvalue weighted by molar-refractivity contribution is 5.96. The van der Waals surface area contributed by atoms with Gasteiger partial charge in [-0.3, -0.25) is 4.79 Å². The molecule has 0 radical (unpaired) electrons. The van der Waals surface area contributed by atoms with E-state index in [4.69, 9.17) is 5.11 Å². The molecule has 0 aliphatic carbocycles. The van der Waals surface area contributed by atoms with Gasteiger partial charge in [-0.2, -0.15) is 0 Å². The van der Waals surface area contributed by atoms with Crippen molar-refractivity contribution in [1.29, 1.82) is 0 Å². The van der Waals surface area contributed by atoms with Gasteiger partial charge in [0.1, 0.15) is 6.61 Å². The summed E-state index contributed by atoms with van der Waals surface area (Å²) in [6.07, 6.45) is 0.334. The molecule has 2 rings (SSSR count). The molecule has 1 saturated heterocycles. The van der Waals surface area contributed by atoms with Crippen LogP contribution in [0.3, 0.4) is 0 Å². The van der Waals surface area contributed by atoms with E-state index in [1.807, 2.05) is 13.0 Å². The van der Waals surface area contributed by atoms with Crippen LogP contribution in [0, 0.1) is 17.8 Å². The lowest BCUT2D eigenvalue weighted by atomic mass is 9.95. The van der Waals surface area contributed by atoms with Gasteiger partial charge in [-0.05, 0) is 24.5 Å². The van der Waals surface area contributed by atoms with Crippen LogP contribution in [0.25, 0.3) is 0 Å². The molecule has 0 saturated carbocycles. The first-order valence-corrected chi connectivity index (χ1v) is 6.79. The van der Waals surface area contributed by atoms with E-state index in [9.17, 15) is 9.90 Å². The zero-order chi connectivity index (χ0) is 14.5. The van der Waals surface area contributed by atoms with Crippen LogP contribution < -0.4 is 0 Å². The molecule has 1 amide bonds. The first-order chi connectivity index (χ1) is 9.63. The van der Waals surface area contributed by atoms with Crippen LogP contribution in [0.4, 0.5) is 0 Å². The predicted molar refractivity (Wildman–Crippen MR) is 76.1 cm³/mol. The molecular weight excluding hydrogens is 254 g/mol. The molecule has 106 valence electrons. The maximum absolute atomic E-state index is 12.5. The van der Waals surface area contributed by atoms with Crippen molar-refractivity contribution < 1.29 is 15.0 Å². The van der Waals surface area contributed by atoms with Gasteiger partial charge in [0.2, 0.25) is 0 Å². The number of carbonyl (C=O) groups is 1. The minimum Gasteiger partial charge on any atom is -0.391 e. The van der Waals surface area contributed by atoms with Crippen LogP contribution >= 0.6 is 0 Å². The molecule has 2 atom stereocenters. The number of β-amino-alcohol motifs (C(OH)–C–C–N with tert-alkyl or cyclic N) is 1. The number of benzene rings is 1. The Bertz CT molecular complexity index is 544. The summed E-state index contributed by atoms with van der Waals surface area (Å²) in [6, 6.07) is 7.10. The molecule has 0 bridgehead atoms. The third-order valence-corrected chi connectivity index (χ3v) is 3.67. The van der Waals surface area contributed by atoms with E-state index in [2.05, 4.69) is 11.8 Å². The van der Waals surface area contributed by atoms with Crippen LogP contribution in [0.1, 0.15) is 29.3 Å². The third kappa shape index (κ3) is 3.19. The van der Waals surface area contributed by atoms with E-state index in [0.29, 0.717) is 24.2 Å². The van der Waals surface area contributed by atoms with Crippen molar-refractivity contribution in [2.24, 2.45) is 5.92 Å². The Morgan fingerprint density at radius 1 is 1.45 bits per heavy atom. The van der Waals surface area contributed by atoms with Crippen LogP contribution in [0.5, 0.6) is 0 Å². The maximum atomic E-state index is 12.5. The molecule has 0 aromatic heterocycles. The zero-order valence-corrected chi connectivity index (χ0v) is 11.5. The Kier molecular flexibility index (Phi) is 4.78. The second-order valence-corrected chi connectivity index (χ2v) is 5.09. The minimum atomic E-state index is -0.469. The molecule has 1 fully saturated rings. The number of hydrogen-bond donors (Lipinski definition) is 2. The lowest BCUT2D eigenvalue weighted by Crippen LogP contribution is -2.46. The Hall–Kier alpha value is -1.83. The van der Waals surface area contributed by atoms with Gasteiger partial charge in [0.25, 0.3) is 5.91 Å². The van der Waals surface area contributed by atoms with Crippen molar-refractivity contribution in [2.45, 2.75) is 19.4 Å². The van der Waals surface area contributed by atoms with Crippen molar-refractivity contribution in [3.05, 3.63) is 35.4 Å². The summed E-state index contributed by atoms with van der Waals surface area (Å²) in [4.78, 5) is 14.2. The maximum Gasteiger partial charge on any atom is 0.255 e. The van der Waals surface area contributed by atoms with Gasteiger partial charge in [0.15, 0.2) is 0 Å². The van der Waals surface area contributed by atoms with E-state index in [0.717, 1.165) is 6.42 Å². The topological polar surface area (TPSA) is 60.8 Å². The molecule has 2 unspecified atom stereocenters. The normalized spacial score (nSPS) is 22.1. The van der Waals surface area contributed by atoms with Crippen LogP contribution in [0.15, 0.2) is 24.3 Å². The van der Waals surface area contributed by atoms with Gasteiger partial charge >= 0.3 is 0 Å². The quantitative estimate of drug-likeness (QED) is 0.747. The second-order valence-electron chi connectivity index (χ2n) is 5.09. The Morgan fingerprint density at radius 3 is 2.90 bits per heavy atom. The van der Waals surface area contributed by atoms with Crippen LogP contribution in [-0.2, 0) is 0 Å². The summed E-state index contributed by atoms with van der Waals surface area (Å²) in [5.41, 5.74) is 1.13. The van der Waals surface area contributed by atoms with E-state index < -0.39 is 6.10 Å². The summed E-state index contributed by atoms with van der Waals surface area (Å²) in [6.45, 7) is 2.77. The van der Waals surface area contributed by atoms with Crippen molar-refractivity contribution in [1.82, 2.24) is 4.90 Å². The monoisotopic (exact) mass is 273 g/mol. The number of likely N-dealkylation sites (tertiary alicyclic amines) is 1. The zero-order valence-electron chi connectivity index (χ0n) is 11.5. The molecule has 4 heteroatoms.